The lowest BCUT2D eigenvalue weighted by Gasteiger charge is -2.38. The van der Waals surface area contributed by atoms with E-state index in [1.165, 1.54) is 0 Å². The van der Waals surface area contributed by atoms with Crippen LogP contribution < -0.4 is 5.73 Å². The number of carbonyl (C=O) groups is 1. The number of carbonyl (C=O) groups excluding carboxylic acids is 1. The molecule has 0 saturated heterocycles. The zero-order valence-electron chi connectivity index (χ0n) is 15.8. The number of hydrogen-bond donors (Lipinski definition) is 1. The average molecular weight is 361 g/mol. The van der Waals surface area contributed by atoms with Gasteiger partial charge in [0.2, 0.25) is 5.91 Å². The van der Waals surface area contributed by atoms with Gasteiger partial charge >= 0.3 is 0 Å². The molecule has 2 aromatic rings. The number of rotatable bonds is 5. The number of amides is 1. The van der Waals surface area contributed by atoms with Gasteiger partial charge in [0.1, 0.15) is 5.41 Å². The number of benzene rings is 2. The second kappa shape index (κ2) is 7.18. The zero-order valence-corrected chi connectivity index (χ0v) is 15.8. The van der Waals surface area contributed by atoms with Crippen molar-refractivity contribution in [2.45, 2.75) is 37.6 Å². The van der Waals surface area contributed by atoms with E-state index >= 15 is 0 Å². The van der Waals surface area contributed by atoms with Crippen LogP contribution in [0.5, 0.6) is 0 Å². The van der Waals surface area contributed by atoms with Gasteiger partial charge in [-0.05, 0) is 43.2 Å². The summed E-state index contributed by atoms with van der Waals surface area (Å²) in [6.45, 7) is 3.96. The molecular formula is C23H27N3O. The fourth-order valence-electron chi connectivity index (χ4n) is 5.18. The molecule has 2 aromatic carbocycles. The first-order valence-electron chi connectivity index (χ1n) is 9.82. The summed E-state index contributed by atoms with van der Waals surface area (Å²) >= 11 is 0. The standard InChI is InChI=1S/C23H27N3O/c1-17-25-14-15-26(17)21-13-12-20(16-21)23(22(24)27,18-8-4-2-5-9-18)19-10-6-3-7-11-19/h2-11,20-21H,12-16H2,1H3,(H2,24,27). The lowest BCUT2D eigenvalue weighted by Crippen LogP contribution is -2.48. The number of hydrogen-bond acceptors (Lipinski definition) is 3. The normalized spacial score (nSPS) is 22.7. The molecular weight excluding hydrogens is 334 g/mol. The minimum absolute atomic E-state index is 0.179. The Morgan fingerprint density at radius 2 is 1.63 bits per heavy atom. The summed E-state index contributed by atoms with van der Waals surface area (Å²) in [4.78, 5) is 20.1. The summed E-state index contributed by atoms with van der Waals surface area (Å²) in [6.07, 6.45) is 3.02. The van der Waals surface area contributed by atoms with E-state index in [2.05, 4.69) is 16.8 Å². The highest BCUT2D eigenvalue weighted by molar-refractivity contribution is 5.91. The van der Waals surface area contributed by atoms with Gasteiger partial charge in [-0.3, -0.25) is 9.79 Å². The molecule has 1 fully saturated rings. The minimum atomic E-state index is -0.790. The first kappa shape index (κ1) is 17.8. The smallest absolute Gasteiger partial charge is 0.232 e. The highest BCUT2D eigenvalue weighted by atomic mass is 16.1. The molecule has 1 aliphatic heterocycles. The topological polar surface area (TPSA) is 58.7 Å². The summed E-state index contributed by atoms with van der Waals surface area (Å²) < 4.78 is 0. The molecule has 2 unspecified atom stereocenters. The first-order chi connectivity index (χ1) is 13.1. The van der Waals surface area contributed by atoms with Gasteiger partial charge < -0.3 is 10.6 Å². The van der Waals surface area contributed by atoms with E-state index in [1.807, 2.05) is 60.7 Å². The molecule has 27 heavy (non-hydrogen) atoms. The van der Waals surface area contributed by atoms with Gasteiger partial charge in [-0.2, -0.15) is 0 Å². The second-order valence-corrected chi connectivity index (χ2v) is 7.69. The third-order valence-electron chi connectivity index (χ3n) is 6.40. The van der Waals surface area contributed by atoms with Crippen LogP contribution in [0.2, 0.25) is 0 Å². The Morgan fingerprint density at radius 1 is 1.04 bits per heavy atom. The van der Waals surface area contributed by atoms with Gasteiger partial charge in [-0.25, -0.2) is 0 Å². The summed E-state index contributed by atoms with van der Waals surface area (Å²) in [5, 5.41) is 0. The Bertz CT molecular complexity index is 792. The van der Waals surface area contributed by atoms with Crippen LogP contribution in [0.25, 0.3) is 0 Å². The number of nitrogens with two attached hydrogens (primary N) is 1. The van der Waals surface area contributed by atoms with Crippen molar-refractivity contribution in [1.82, 2.24) is 4.90 Å². The van der Waals surface area contributed by atoms with Crippen molar-refractivity contribution in [1.29, 1.82) is 0 Å². The summed E-state index contributed by atoms with van der Waals surface area (Å²) in [6, 6.07) is 20.6. The van der Waals surface area contributed by atoms with Gasteiger partial charge in [-0.15, -0.1) is 0 Å². The van der Waals surface area contributed by atoms with E-state index in [-0.39, 0.29) is 11.8 Å². The van der Waals surface area contributed by atoms with E-state index in [0.29, 0.717) is 6.04 Å². The van der Waals surface area contributed by atoms with Gasteiger partial charge in [0, 0.05) is 12.6 Å². The largest absolute Gasteiger partial charge is 0.369 e. The maximum atomic E-state index is 13.1. The SMILES string of the molecule is CC1=NCCN1C1CCC(C(C(N)=O)(c2ccccc2)c2ccccc2)C1. The Labute approximate surface area is 161 Å². The Hall–Kier alpha value is -2.62. The zero-order chi connectivity index (χ0) is 18.9. The van der Waals surface area contributed by atoms with Gasteiger partial charge in [0.15, 0.2) is 0 Å². The molecule has 4 heteroatoms. The Kier molecular flexibility index (Phi) is 4.73. The highest BCUT2D eigenvalue weighted by Crippen LogP contribution is 2.48. The fourth-order valence-corrected chi connectivity index (χ4v) is 5.18. The third kappa shape index (κ3) is 2.93. The van der Waals surface area contributed by atoms with Crippen LogP contribution in [0.3, 0.4) is 0 Å². The molecule has 0 spiro atoms. The summed E-state index contributed by atoms with van der Waals surface area (Å²) in [7, 11) is 0. The van der Waals surface area contributed by atoms with E-state index in [1.54, 1.807) is 0 Å². The Morgan fingerprint density at radius 3 is 2.11 bits per heavy atom. The van der Waals surface area contributed by atoms with Gasteiger partial charge in [0.25, 0.3) is 0 Å². The predicted molar refractivity (Wildman–Crippen MR) is 109 cm³/mol. The van der Waals surface area contributed by atoms with Crippen molar-refractivity contribution in [2.75, 3.05) is 13.1 Å². The lowest BCUT2D eigenvalue weighted by molar-refractivity contribution is -0.123. The quantitative estimate of drug-likeness (QED) is 0.888. The predicted octanol–water partition coefficient (Wildman–Crippen LogP) is 3.36. The molecule has 4 rings (SSSR count). The summed E-state index contributed by atoms with van der Waals surface area (Å²) in [5.41, 5.74) is 7.38. The van der Waals surface area contributed by atoms with Crippen molar-refractivity contribution in [2.24, 2.45) is 16.6 Å². The number of nitrogens with zero attached hydrogens (tertiary/aromatic N) is 2. The summed E-state index contributed by atoms with van der Waals surface area (Å²) in [5.74, 6) is 1.06. The molecule has 0 aromatic heterocycles. The van der Waals surface area contributed by atoms with Crippen LogP contribution in [-0.4, -0.2) is 35.8 Å². The molecule has 140 valence electrons. The van der Waals surface area contributed by atoms with E-state index in [4.69, 9.17) is 5.73 Å². The monoisotopic (exact) mass is 361 g/mol. The average Bonchev–Trinajstić information content (AvgIpc) is 3.33. The number of amidine groups is 1. The van der Waals surface area contributed by atoms with Crippen molar-refractivity contribution in [3.8, 4) is 0 Å². The Balaban J connectivity index is 1.77. The molecule has 1 heterocycles. The molecule has 2 aliphatic rings. The van der Waals surface area contributed by atoms with Gasteiger partial charge in [-0.1, -0.05) is 60.7 Å². The van der Waals surface area contributed by atoms with Crippen molar-refractivity contribution >= 4 is 11.7 Å². The molecule has 1 amide bonds. The molecule has 0 bridgehead atoms. The lowest BCUT2D eigenvalue weighted by atomic mass is 9.64. The van der Waals surface area contributed by atoms with Crippen LogP contribution in [-0.2, 0) is 10.2 Å². The van der Waals surface area contributed by atoms with Crippen molar-refractivity contribution in [3.63, 3.8) is 0 Å². The number of aliphatic imine (C=N–C) groups is 1. The van der Waals surface area contributed by atoms with Crippen molar-refractivity contribution < 1.29 is 4.79 Å². The van der Waals surface area contributed by atoms with Crippen LogP contribution in [0.1, 0.15) is 37.3 Å². The maximum Gasteiger partial charge on any atom is 0.232 e. The second-order valence-electron chi connectivity index (χ2n) is 7.69. The van der Waals surface area contributed by atoms with Gasteiger partial charge in [0.05, 0.1) is 12.4 Å². The molecule has 2 atom stereocenters. The molecule has 0 radical (unpaired) electrons. The first-order valence-corrected chi connectivity index (χ1v) is 9.82. The highest BCUT2D eigenvalue weighted by Gasteiger charge is 2.50. The molecule has 4 nitrogen and oxygen atoms in total. The van der Waals surface area contributed by atoms with Crippen LogP contribution in [0.15, 0.2) is 65.7 Å². The molecule has 1 aliphatic carbocycles. The van der Waals surface area contributed by atoms with E-state index in [0.717, 1.165) is 49.3 Å². The number of primary amides is 1. The third-order valence-corrected chi connectivity index (χ3v) is 6.40. The molecule has 2 N–H and O–H groups in total. The fraction of sp³-hybridized carbons (Fsp3) is 0.391. The minimum Gasteiger partial charge on any atom is -0.369 e. The van der Waals surface area contributed by atoms with Crippen molar-refractivity contribution in [3.05, 3.63) is 71.8 Å². The van der Waals surface area contributed by atoms with Crippen LogP contribution in [0, 0.1) is 5.92 Å². The van der Waals surface area contributed by atoms with E-state index < -0.39 is 5.41 Å². The molecule has 1 saturated carbocycles. The van der Waals surface area contributed by atoms with E-state index in [9.17, 15) is 4.79 Å². The van der Waals surface area contributed by atoms with Crippen LogP contribution in [0.4, 0.5) is 0 Å². The maximum absolute atomic E-state index is 13.1. The van der Waals surface area contributed by atoms with Crippen LogP contribution >= 0.6 is 0 Å².